The fourth-order valence-electron chi connectivity index (χ4n) is 6.73. The first-order valence-electron chi connectivity index (χ1n) is 19.4. The van der Waals surface area contributed by atoms with Gasteiger partial charge in [-0.25, -0.2) is 18.5 Å². The number of methoxy groups -OCH3 is 3. The van der Waals surface area contributed by atoms with Gasteiger partial charge in [0.2, 0.25) is 0 Å². The van der Waals surface area contributed by atoms with E-state index in [9.17, 15) is 18.5 Å². The summed E-state index contributed by atoms with van der Waals surface area (Å²) in [7, 11) is -7.98. The fourth-order valence-corrected chi connectivity index (χ4v) is 10.3. The molecule has 61 heavy (non-hydrogen) atoms. The van der Waals surface area contributed by atoms with Crippen LogP contribution < -0.4 is 33.4 Å². The molecule has 0 amide bonds. The molecule has 0 saturated heterocycles. The molecule has 0 N–H and O–H groups in total. The summed E-state index contributed by atoms with van der Waals surface area (Å²) < 4.78 is 115. The lowest BCUT2D eigenvalue weighted by Gasteiger charge is -2.20. The summed E-state index contributed by atoms with van der Waals surface area (Å²) in [5.41, 5.74) is 0.947. The average molecular weight is 908 g/mol. The van der Waals surface area contributed by atoms with Crippen LogP contribution in [0.4, 0.5) is 0 Å². The molecule has 0 spiro atoms. The lowest BCUT2D eigenvalue weighted by molar-refractivity contribution is 0.164. The predicted octanol–water partition coefficient (Wildman–Crippen LogP) is 10.7. The first kappa shape index (κ1) is 45.9. The molecule has 3 aromatic heterocycles. The summed E-state index contributed by atoms with van der Waals surface area (Å²) in [4.78, 5) is 14.3. The molecule has 6 rings (SSSR count). The van der Waals surface area contributed by atoms with Crippen LogP contribution in [0.15, 0.2) is 63.9 Å². The number of phosphoric acid groups is 3. The summed E-state index contributed by atoms with van der Waals surface area (Å²) in [6, 6.07) is 12.9. The van der Waals surface area contributed by atoms with Gasteiger partial charge in [0.1, 0.15) is 11.1 Å². The maximum atomic E-state index is 14.3. The molecule has 0 aliphatic carbocycles. The minimum Gasteiger partial charge on any atom is -0.493 e. The van der Waals surface area contributed by atoms with Gasteiger partial charge in [-0.3, -0.25) is 27.1 Å². The van der Waals surface area contributed by atoms with Crippen molar-refractivity contribution in [1.82, 2.24) is 4.40 Å². The Bertz CT molecular complexity index is 2740. The number of benzene rings is 3. The van der Waals surface area contributed by atoms with Gasteiger partial charge in [-0.1, -0.05) is 6.07 Å². The van der Waals surface area contributed by atoms with Crippen molar-refractivity contribution < 1.29 is 73.0 Å². The number of hydrogen-bond donors (Lipinski definition) is 0. The zero-order valence-electron chi connectivity index (χ0n) is 35.2. The molecule has 0 atom stereocenters. The Morgan fingerprint density at radius 3 is 1.48 bits per heavy atom. The maximum absolute atomic E-state index is 14.3. The number of fused-ring (bicyclic) bond motifs is 7. The third-order valence-electron chi connectivity index (χ3n) is 8.94. The van der Waals surface area contributed by atoms with Crippen molar-refractivity contribution in [1.29, 1.82) is 0 Å². The molecule has 18 nitrogen and oxygen atoms in total. The highest BCUT2D eigenvalue weighted by Crippen LogP contribution is 2.56. The van der Waals surface area contributed by atoms with Gasteiger partial charge in [-0.05, 0) is 88.9 Å². The van der Waals surface area contributed by atoms with E-state index in [1.807, 2.05) is 0 Å². The Morgan fingerprint density at radius 1 is 0.525 bits per heavy atom. The van der Waals surface area contributed by atoms with Crippen LogP contribution >= 0.6 is 23.5 Å². The number of hydrogen-bond acceptors (Lipinski definition) is 17. The van der Waals surface area contributed by atoms with E-state index >= 15 is 0 Å². The predicted molar refractivity (Wildman–Crippen MR) is 228 cm³/mol. The summed E-state index contributed by atoms with van der Waals surface area (Å²) in [5, 5.41) is 1.94. The second-order valence-electron chi connectivity index (χ2n) is 12.6. The summed E-state index contributed by atoms with van der Waals surface area (Å²) in [6.45, 7) is 10.2. The highest BCUT2D eigenvalue weighted by Gasteiger charge is 2.33. The van der Waals surface area contributed by atoms with Crippen molar-refractivity contribution in [2.75, 3.05) is 61.0 Å². The minimum atomic E-state index is -4.12. The van der Waals surface area contributed by atoms with E-state index in [1.165, 1.54) is 27.4 Å². The molecule has 0 aliphatic rings. The van der Waals surface area contributed by atoms with Crippen molar-refractivity contribution in [2.45, 2.75) is 41.5 Å². The summed E-state index contributed by atoms with van der Waals surface area (Å²) in [6.07, 6.45) is 1.68. The van der Waals surface area contributed by atoms with E-state index in [-0.39, 0.29) is 85.2 Å². The molecule has 21 heteroatoms. The largest absolute Gasteiger partial charge is 0.530 e. The molecule has 6 aromatic rings. The lowest BCUT2D eigenvalue weighted by Crippen LogP contribution is -2.05. The molecule has 0 fully saturated rings. The summed E-state index contributed by atoms with van der Waals surface area (Å²) in [5.74, 6) is 0.526. The molecule has 0 bridgehead atoms. The van der Waals surface area contributed by atoms with Gasteiger partial charge in [0.05, 0.1) is 66.5 Å². The smallest absolute Gasteiger partial charge is 0.493 e. The first-order chi connectivity index (χ1) is 29.3. The van der Waals surface area contributed by atoms with E-state index in [4.69, 9.17) is 59.3 Å². The Morgan fingerprint density at radius 2 is 0.984 bits per heavy atom. The number of rotatable bonds is 22. The number of aromatic nitrogens is 1. The van der Waals surface area contributed by atoms with E-state index < -0.39 is 29.1 Å². The van der Waals surface area contributed by atoms with Crippen LogP contribution in [0.1, 0.15) is 41.5 Å². The number of phosphoric ester groups is 3. The van der Waals surface area contributed by atoms with E-state index in [0.717, 1.165) is 0 Å². The average Bonchev–Trinajstić information content (AvgIpc) is 3.57. The van der Waals surface area contributed by atoms with Gasteiger partial charge in [-0.2, -0.15) is 0 Å². The van der Waals surface area contributed by atoms with Crippen molar-refractivity contribution in [2.24, 2.45) is 0 Å². The normalized spacial score (nSPS) is 12.4. The maximum Gasteiger partial charge on any atom is 0.530 e. The first-order valence-corrected chi connectivity index (χ1v) is 23.7. The molecule has 330 valence electrons. The molecule has 0 radical (unpaired) electrons. The molecular weight excluding hydrogens is 859 g/mol. The van der Waals surface area contributed by atoms with Crippen LogP contribution in [0.3, 0.4) is 0 Å². The van der Waals surface area contributed by atoms with Crippen molar-refractivity contribution >= 4 is 61.6 Å². The molecular formula is C40H48NO17P3. The fraction of sp³-hybridized carbons (Fsp3) is 0.375. The Balaban J connectivity index is 1.72. The van der Waals surface area contributed by atoms with Crippen LogP contribution in [0.5, 0.6) is 34.5 Å². The Labute approximate surface area is 351 Å². The van der Waals surface area contributed by atoms with Crippen LogP contribution in [0, 0.1) is 0 Å². The zero-order chi connectivity index (χ0) is 44.1. The van der Waals surface area contributed by atoms with Gasteiger partial charge in [0.15, 0.2) is 34.5 Å². The van der Waals surface area contributed by atoms with Gasteiger partial charge in [0.25, 0.3) is 0 Å². The van der Waals surface area contributed by atoms with Crippen LogP contribution in [-0.2, 0) is 40.8 Å². The highest BCUT2D eigenvalue weighted by molar-refractivity contribution is 7.49. The van der Waals surface area contributed by atoms with E-state index in [0.29, 0.717) is 38.2 Å². The molecule has 0 aliphatic heterocycles. The minimum absolute atomic E-state index is 0.0242. The lowest BCUT2D eigenvalue weighted by atomic mass is 9.98. The molecule has 0 unspecified atom stereocenters. The number of ether oxygens (including phenoxy) is 3. The quantitative estimate of drug-likeness (QED) is 0.0460. The third kappa shape index (κ3) is 9.29. The second-order valence-corrected chi connectivity index (χ2v) is 17.4. The molecule has 0 saturated carbocycles. The monoisotopic (exact) mass is 907 g/mol. The zero-order valence-corrected chi connectivity index (χ0v) is 37.9. The second kappa shape index (κ2) is 19.2. The number of nitrogens with zero attached hydrogens (tertiary/aromatic N) is 1. The van der Waals surface area contributed by atoms with E-state index in [2.05, 4.69) is 0 Å². The van der Waals surface area contributed by atoms with Gasteiger partial charge >= 0.3 is 29.1 Å². The van der Waals surface area contributed by atoms with Crippen molar-refractivity contribution in [3.05, 3.63) is 65.1 Å². The Hall–Kier alpha value is -4.60. The van der Waals surface area contributed by atoms with Gasteiger partial charge in [0, 0.05) is 34.0 Å². The van der Waals surface area contributed by atoms with Gasteiger partial charge in [-0.15, -0.1) is 0 Å². The van der Waals surface area contributed by atoms with Crippen LogP contribution in [0.25, 0.3) is 49.3 Å². The van der Waals surface area contributed by atoms with Gasteiger partial charge < -0.3 is 36.6 Å². The van der Waals surface area contributed by atoms with E-state index in [1.54, 1.807) is 94.6 Å². The van der Waals surface area contributed by atoms with Crippen LogP contribution in [0.2, 0.25) is 0 Å². The van der Waals surface area contributed by atoms with Crippen LogP contribution in [-0.4, -0.2) is 65.4 Å². The van der Waals surface area contributed by atoms with Crippen molar-refractivity contribution in [3.8, 4) is 45.6 Å². The molecule has 3 aromatic carbocycles. The topological polar surface area (TPSA) is 197 Å². The van der Waals surface area contributed by atoms with Crippen molar-refractivity contribution in [3.63, 3.8) is 0 Å². The third-order valence-corrected chi connectivity index (χ3v) is 13.6. The number of pyridine rings is 1. The summed E-state index contributed by atoms with van der Waals surface area (Å²) >= 11 is 0. The standard InChI is InChI=1S/C40H48NO17P3/c1-10-49-59(43,50-11-2)56-29-17-16-26(21-31(29)46-7)36-37-28-23-33(48-9)35(58-61(45,53-14-5)54-15-6)24-30(28)55-40(42)39(37)41-19-18-25-20-34(32(47-8)22-27(25)38(36)41)57-60(44,51-12-3)52-13-4/h16-24H,10-15H2,1-9H3. The molecule has 3 heterocycles. The highest BCUT2D eigenvalue weighted by atomic mass is 31.2. The Kier molecular flexibility index (Phi) is 14.5. The SMILES string of the molecule is CCOP(=O)(OCC)Oc1ccc(-c2c3c4cc(OC)c(OP(=O)(OCC)OCC)cc4oc(=O)c3n3ccc4cc(OP(=O)(OCC)OCC)c(OC)cc4c23)cc1OC.